The molecule has 1 aliphatic heterocycles. The fraction of sp³-hybridized carbons (Fsp3) is 0.0545. The number of rotatable bonds is 5. The van der Waals surface area contributed by atoms with E-state index in [-0.39, 0.29) is 0 Å². The van der Waals surface area contributed by atoms with Crippen LogP contribution in [-0.2, 0) is 5.41 Å². The van der Waals surface area contributed by atoms with Crippen LogP contribution in [0.2, 0.25) is 0 Å². The zero-order valence-corrected chi connectivity index (χ0v) is 33.2. The zero-order chi connectivity index (χ0) is 40.2. The normalized spacial score (nSPS) is 16.4. The Morgan fingerprint density at radius 2 is 0.983 bits per heavy atom. The Hall–Kier alpha value is -7.76. The predicted octanol–water partition coefficient (Wildman–Crippen LogP) is 13.3. The number of nitrogens with zero attached hydrogens (tertiary/aromatic N) is 4. The molecule has 5 nitrogen and oxygen atoms in total. The van der Waals surface area contributed by atoms with Gasteiger partial charge in [-0.05, 0) is 83.1 Å². The summed E-state index contributed by atoms with van der Waals surface area (Å²) in [6.07, 6.45) is 6.20. The molecule has 0 saturated heterocycles. The summed E-state index contributed by atoms with van der Waals surface area (Å²) >= 11 is 0. The monoisotopic (exact) mass is 770 g/mol. The molecule has 2 aliphatic rings. The maximum atomic E-state index is 6.62. The molecule has 1 spiro atoms. The van der Waals surface area contributed by atoms with Crippen molar-refractivity contribution in [3.63, 3.8) is 0 Å². The van der Waals surface area contributed by atoms with Gasteiger partial charge >= 0.3 is 0 Å². The van der Waals surface area contributed by atoms with Crippen molar-refractivity contribution in [2.75, 3.05) is 0 Å². The lowest BCUT2D eigenvalue weighted by molar-refractivity contribution is 0.388. The highest BCUT2D eigenvalue weighted by Crippen LogP contribution is 2.62. The highest BCUT2D eigenvalue weighted by molar-refractivity contribution is 5.97. The SMILES string of the molecule is C/C=C1\C(=C/C)Oc2ccccc2C12c1ccc(-c3ccc(-c4nc(-c5ccccc5)nc(-c5ccccc5)n4)cc3)cc1-c1cc(-c3cccc4cccnc34)ccc12. The van der Waals surface area contributed by atoms with Gasteiger partial charge in [0.05, 0.1) is 10.9 Å². The van der Waals surface area contributed by atoms with Crippen molar-refractivity contribution in [2.24, 2.45) is 0 Å². The van der Waals surface area contributed by atoms with Crippen LogP contribution in [0.5, 0.6) is 5.75 Å². The molecule has 0 fully saturated rings. The summed E-state index contributed by atoms with van der Waals surface area (Å²) in [7, 11) is 0. The molecule has 0 N–H and O–H groups in total. The highest BCUT2D eigenvalue weighted by atomic mass is 16.5. The van der Waals surface area contributed by atoms with Crippen LogP contribution in [0.1, 0.15) is 30.5 Å². The van der Waals surface area contributed by atoms with E-state index in [1.807, 2.05) is 72.9 Å². The Morgan fingerprint density at radius 3 is 1.63 bits per heavy atom. The highest BCUT2D eigenvalue weighted by Gasteiger charge is 2.52. The summed E-state index contributed by atoms with van der Waals surface area (Å²) in [4.78, 5) is 19.7. The van der Waals surface area contributed by atoms with Gasteiger partial charge in [0.2, 0.25) is 0 Å². The minimum atomic E-state index is -0.570. The van der Waals surface area contributed by atoms with E-state index in [0.717, 1.165) is 72.5 Å². The first-order valence-electron chi connectivity index (χ1n) is 20.4. The molecule has 1 aliphatic carbocycles. The minimum Gasteiger partial charge on any atom is -0.457 e. The van der Waals surface area contributed by atoms with Crippen molar-refractivity contribution in [3.8, 4) is 73.3 Å². The number of benzene rings is 7. The Kier molecular flexibility index (Phi) is 8.41. The quantitative estimate of drug-likeness (QED) is 0.174. The van der Waals surface area contributed by atoms with Crippen LogP contribution in [0.15, 0.2) is 206 Å². The number of fused-ring (bicyclic) bond motifs is 8. The van der Waals surface area contributed by atoms with Gasteiger partial charge in [-0.2, -0.15) is 0 Å². The summed E-state index contributed by atoms with van der Waals surface area (Å²) < 4.78 is 6.62. The van der Waals surface area contributed by atoms with Crippen LogP contribution < -0.4 is 4.74 Å². The average Bonchev–Trinajstić information content (AvgIpc) is 3.60. The van der Waals surface area contributed by atoms with Crippen molar-refractivity contribution in [2.45, 2.75) is 19.3 Å². The lowest BCUT2D eigenvalue weighted by Gasteiger charge is -2.41. The number of aromatic nitrogens is 4. The first kappa shape index (κ1) is 35.4. The molecule has 7 aromatic carbocycles. The summed E-state index contributed by atoms with van der Waals surface area (Å²) in [5, 5.41) is 1.12. The Labute approximate surface area is 349 Å². The minimum absolute atomic E-state index is 0.570. The second-order valence-corrected chi connectivity index (χ2v) is 15.2. The van der Waals surface area contributed by atoms with Crippen LogP contribution in [0, 0.1) is 0 Å². The zero-order valence-electron chi connectivity index (χ0n) is 33.2. The Balaban J connectivity index is 1.07. The van der Waals surface area contributed by atoms with E-state index in [2.05, 4.69) is 135 Å². The smallest absolute Gasteiger partial charge is 0.164 e. The van der Waals surface area contributed by atoms with Crippen molar-refractivity contribution in [1.82, 2.24) is 19.9 Å². The van der Waals surface area contributed by atoms with Crippen LogP contribution in [-0.4, -0.2) is 19.9 Å². The molecule has 2 aromatic heterocycles. The van der Waals surface area contributed by atoms with Gasteiger partial charge in [-0.3, -0.25) is 4.98 Å². The van der Waals surface area contributed by atoms with Crippen LogP contribution >= 0.6 is 0 Å². The third kappa shape index (κ3) is 5.54. The van der Waals surface area contributed by atoms with Gasteiger partial charge in [-0.15, -0.1) is 0 Å². The van der Waals surface area contributed by atoms with Crippen LogP contribution in [0.4, 0.5) is 0 Å². The molecule has 60 heavy (non-hydrogen) atoms. The van der Waals surface area contributed by atoms with E-state index in [9.17, 15) is 0 Å². The van der Waals surface area contributed by atoms with E-state index in [0.29, 0.717) is 17.5 Å². The number of hydrogen-bond acceptors (Lipinski definition) is 5. The first-order valence-corrected chi connectivity index (χ1v) is 20.4. The van der Waals surface area contributed by atoms with Gasteiger partial charge in [0.1, 0.15) is 11.5 Å². The molecular weight excluding hydrogens is 733 g/mol. The number of pyridine rings is 1. The second kappa shape index (κ2) is 14.3. The summed E-state index contributed by atoms with van der Waals surface area (Å²) in [6, 6.07) is 61.8. The van der Waals surface area contributed by atoms with Crippen molar-refractivity contribution < 1.29 is 4.74 Å². The number of para-hydroxylation sites is 2. The maximum absolute atomic E-state index is 6.62. The number of hydrogen-bond donors (Lipinski definition) is 0. The number of allylic oxidation sites excluding steroid dienone is 3. The van der Waals surface area contributed by atoms with Crippen molar-refractivity contribution in [1.29, 1.82) is 0 Å². The maximum Gasteiger partial charge on any atom is 0.164 e. The fourth-order valence-corrected chi connectivity index (χ4v) is 9.29. The first-order chi connectivity index (χ1) is 29.6. The molecule has 284 valence electrons. The molecule has 3 heterocycles. The lowest BCUT2D eigenvalue weighted by atomic mass is 9.65. The average molecular weight is 771 g/mol. The molecule has 1 unspecified atom stereocenters. The van der Waals surface area contributed by atoms with Gasteiger partial charge < -0.3 is 4.74 Å². The molecule has 0 radical (unpaired) electrons. The molecule has 0 amide bonds. The van der Waals surface area contributed by atoms with E-state index in [4.69, 9.17) is 24.7 Å². The standard InChI is InChI=1S/C55H38N4O/c1-3-45-49(4-2)60-50-23-12-11-22-48(50)55(45)46-30-28-40(33-43(46)44-34-41(29-31-47(44)55)42-21-13-19-36-20-14-32-56-51(36)42)35-24-26-39(27-25-35)54-58-52(37-15-7-5-8-16-37)57-53(59-54)38-17-9-6-10-18-38/h3-34H,1-2H3/b45-3+,49-4+. The topological polar surface area (TPSA) is 60.8 Å². The van der Waals surface area contributed by atoms with Crippen LogP contribution in [0.25, 0.3) is 78.4 Å². The number of ether oxygens (including phenoxy) is 1. The third-order valence-electron chi connectivity index (χ3n) is 12.0. The third-order valence-corrected chi connectivity index (χ3v) is 12.0. The molecular formula is C55H38N4O. The summed E-state index contributed by atoms with van der Waals surface area (Å²) in [5.41, 5.74) is 14.9. The summed E-state index contributed by atoms with van der Waals surface area (Å²) in [6.45, 7) is 4.18. The summed E-state index contributed by atoms with van der Waals surface area (Å²) in [5.74, 6) is 3.67. The largest absolute Gasteiger partial charge is 0.457 e. The molecule has 5 heteroatoms. The lowest BCUT2D eigenvalue weighted by Crippen LogP contribution is -2.35. The van der Waals surface area contributed by atoms with Crippen LogP contribution in [0.3, 0.4) is 0 Å². The Morgan fingerprint density at radius 1 is 0.433 bits per heavy atom. The molecule has 11 rings (SSSR count). The molecule has 0 saturated carbocycles. The molecule has 1 atom stereocenters. The van der Waals surface area contributed by atoms with Gasteiger partial charge in [-0.25, -0.2) is 15.0 Å². The van der Waals surface area contributed by atoms with Crippen molar-refractivity contribution >= 4 is 10.9 Å². The van der Waals surface area contributed by atoms with E-state index in [1.54, 1.807) is 0 Å². The van der Waals surface area contributed by atoms with Gasteiger partial charge in [0.15, 0.2) is 17.5 Å². The van der Waals surface area contributed by atoms with Crippen molar-refractivity contribution in [3.05, 3.63) is 222 Å². The van der Waals surface area contributed by atoms with E-state index in [1.165, 1.54) is 22.3 Å². The predicted molar refractivity (Wildman–Crippen MR) is 242 cm³/mol. The molecule has 0 bridgehead atoms. The second-order valence-electron chi connectivity index (χ2n) is 15.2. The van der Waals surface area contributed by atoms with E-state index >= 15 is 0 Å². The van der Waals surface area contributed by atoms with Gasteiger partial charge in [-0.1, -0.05) is 158 Å². The van der Waals surface area contributed by atoms with Gasteiger partial charge in [0, 0.05) is 45.0 Å². The Bertz CT molecular complexity index is 3130. The molecule has 9 aromatic rings. The van der Waals surface area contributed by atoms with E-state index < -0.39 is 5.41 Å². The fourth-order valence-electron chi connectivity index (χ4n) is 9.29. The van der Waals surface area contributed by atoms with Gasteiger partial charge in [0.25, 0.3) is 0 Å².